The number of hydrogen-bond donors (Lipinski definition) is 1. The van der Waals surface area contributed by atoms with Crippen molar-refractivity contribution in [2.75, 3.05) is 30.9 Å². The van der Waals surface area contributed by atoms with Gasteiger partial charge in [0.05, 0.1) is 6.61 Å². The Labute approximate surface area is 99.6 Å². The molecule has 0 aliphatic carbocycles. The number of nitrogen functional groups attached to an aromatic ring is 1. The molecule has 0 saturated heterocycles. The Kier molecular flexibility index (Phi) is 4.52. The molecular formula is C10H16N4OS. The average molecular weight is 240 g/mol. The topological polar surface area (TPSA) is 75.2 Å². The van der Waals surface area contributed by atoms with E-state index in [2.05, 4.69) is 29.2 Å². The summed E-state index contributed by atoms with van der Waals surface area (Å²) >= 11 is 1.26. The Morgan fingerprint density at radius 3 is 2.81 bits per heavy atom. The van der Waals surface area contributed by atoms with Crippen molar-refractivity contribution in [3.05, 3.63) is 5.56 Å². The first-order chi connectivity index (χ1) is 7.61. The summed E-state index contributed by atoms with van der Waals surface area (Å²) < 4.78 is 9.07. The second-order valence-corrected chi connectivity index (χ2v) is 4.39. The molecule has 1 aromatic rings. The molecule has 0 atom stereocenters. The number of rotatable bonds is 5. The highest BCUT2D eigenvalue weighted by Gasteiger charge is 2.19. The van der Waals surface area contributed by atoms with Gasteiger partial charge in [0.1, 0.15) is 16.6 Å². The molecule has 1 heterocycles. The minimum atomic E-state index is 0.280. The zero-order valence-electron chi connectivity index (χ0n) is 9.73. The van der Waals surface area contributed by atoms with Crippen molar-refractivity contribution < 1.29 is 4.74 Å². The molecule has 2 N–H and O–H groups in total. The molecule has 0 aliphatic heterocycles. The van der Waals surface area contributed by atoms with Crippen LogP contribution < -0.4 is 10.6 Å². The van der Waals surface area contributed by atoms with Crippen molar-refractivity contribution in [1.29, 1.82) is 5.26 Å². The van der Waals surface area contributed by atoms with E-state index in [-0.39, 0.29) is 6.04 Å². The lowest BCUT2D eigenvalue weighted by Crippen LogP contribution is -2.33. The molecule has 5 nitrogen and oxygen atoms in total. The van der Waals surface area contributed by atoms with Gasteiger partial charge in [-0.1, -0.05) is 0 Å². The van der Waals surface area contributed by atoms with Crippen LogP contribution in [0.1, 0.15) is 19.4 Å². The van der Waals surface area contributed by atoms with Gasteiger partial charge < -0.3 is 15.4 Å². The van der Waals surface area contributed by atoms with Crippen molar-refractivity contribution in [3.8, 4) is 6.07 Å². The van der Waals surface area contributed by atoms with Crippen LogP contribution >= 0.6 is 11.5 Å². The van der Waals surface area contributed by atoms with Crippen LogP contribution in [-0.4, -0.2) is 30.7 Å². The molecule has 0 bridgehead atoms. The molecule has 0 aliphatic rings. The van der Waals surface area contributed by atoms with E-state index in [0.29, 0.717) is 18.0 Å². The molecule has 16 heavy (non-hydrogen) atoms. The van der Waals surface area contributed by atoms with E-state index < -0.39 is 0 Å². The van der Waals surface area contributed by atoms with Gasteiger partial charge in [-0.05, 0) is 25.4 Å². The fourth-order valence-electron chi connectivity index (χ4n) is 1.38. The second-order valence-electron chi connectivity index (χ2n) is 3.64. The summed E-state index contributed by atoms with van der Waals surface area (Å²) in [5, 5.41) is 9.85. The molecule has 88 valence electrons. The first-order valence-corrected chi connectivity index (χ1v) is 5.80. The van der Waals surface area contributed by atoms with Gasteiger partial charge in [0.15, 0.2) is 5.82 Å². The third-order valence-corrected chi connectivity index (χ3v) is 3.13. The summed E-state index contributed by atoms with van der Waals surface area (Å²) in [4.78, 5) is 2.08. The molecule has 0 amide bonds. The van der Waals surface area contributed by atoms with Crippen molar-refractivity contribution in [1.82, 2.24) is 4.37 Å². The second kappa shape index (κ2) is 5.68. The number of nitriles is 1. The number of aromatic nitrogens is 1. The fraction of sp³-hybridized carbons (Fsp3) is 0.600. The summed E-state index contributed by atoms with van der Waals surface area (Å²) in [5.41, 5.74) is 6.10. The van der Waals surface area contributed by atoms with Crippen LogP contribution in [-0.2, 0) is 4.74 Å². The summed E-state index contributed by atoms with van der Waals surface area (Å²) in [6.07, 6.45) is 0. The summed E-state index contributed by atoms with van der Waals surface area (Å²) in [6, 6.07) is 2.38. The summed E-state index contributed by atoms with van der Waals surface area (Å²) in [5.74, 6) is 0.311. The predicted octanol–water partition coefficient (Wildman–Crippen LogP) is 1.46. The molecule has 0 aromatic carbocycles. The smallest absolute Gasteiger partial charge is 0.157 e. The highest BCUT2D eigenvalue weighted by atomic mass is 32.1. The Hall–Kier alpha value is -1.32. The molecule has 1 aromatic heterocycles. The van der Waals surface area contributed by atoms with E-state index in [1.54, 1.807) is 7.11 Å². The zero-order chi connectivity index (χ0) is 12.1. The Morgan fingerprint density at radius 2 is 2.31 bits per heavy atom. The standard InChI is InChI=1S/C10H16N4OS/c1-7(2)14(4-5-15-3)10-8(6-11)9(12)13-16-10/h7H,4-5H2,1-3H3,(H2,12,13). The lowest BCUT2D eigenvalue weighted by Gasteiger charge is -2.26. The lowest BCUT2D eigenvalue weighted by molar-refractivity contribution is 0.204. The van der Waals surface area contributed by atoms with Gasteiger partial charge in [0.25, 0.3) is 0 Å². The van der Waals surface area contributed by atoms with Crippen LogP contribution in [0.2, 0.25) is 0 Å². The number of methoxy groups -OCH3 is 1. The highest BCUT2D eigenvalue weighted by molar-refractivity contribution is 7.10. The van der Waals surface area contributed by atoms with Gasteiger partial charge in [0, 0.05) is 19.7 Å². The van der Waals surface area contributed by atoms with Crippen LogP contribution in [0.3, 0.4) is 0 Å². The first kappa shape index (κ1) is 12.7. The molecule has 0 unspecified atom stereocenters. The molecular weight excluding hydrogens is 224 g/mol. The maximum atomic E-state index is 9.02. The molecule has 0 fully saturated rings. The van der Waals surface area contributed by atoms with Crippen molar-refractivity contribution in [2.45, 2.75) is 19.9 Å². The highest BCUT2D eigenvalue weighted by Crippen LogP contribution is 2.30. The van der Waals surface area contributed by atoms with Crippen molar-refractivity contribution in [3.63, 3.8) is 0 Å². The van der Waals surface area contributed by atoms with Gasteiger partial charge in [-0.25, -0.2) is 0 Å². The zero-order valence-corrected chi connectivity index (χ0v) is 10.5. The Balaban J connectivity index is 2.97. The molecule has 6 heteroatoms. The summed E-state index contributed by atoms with van der Waals surface area (Å²) in [6.45, 7) is 5.46. The molecule has 0 spiro atoms. The maximum absolute atomic E-state index is 9.02. The Bertz CT molecular complexity index is 383. The van der Waals surface area contributed by atoms with Gasteiger partial charge in [0.2, 0.25) is 0 Å². The van der Waals surface area contributed by atoms with Crippen LogP contribution in [0, 0.1) is 11.3 Å². The molecule has 1 rings (SSSR count). The van der Waals surface area contributed by atoms with E-state index in [1.807, 2.05) is 0 Å². The average Bonchev–Trinajstić information content (AvgIpc) is 2.60. The van der Waals surface area contributed by atoms with Crippen molar-refractivity contribution in [2.24, 2.45) is 0 Å². The van der Waals surface area contributed by atoms with E-state index in [0.717, 1.165) is 11.5 Å². The number of nitrogens with two attached hydrogens (primary N) is 1. The first-order valence-electron chi connectivity index (χ1n) is 5.02. The van der Waals surface area contributed by atoms with E-state index in [1.165, 1.54) is 11.5 Å². The quantitative estimate of drug-likeness (QED) is 0.843. The number of hydrogen-bond acceptors (Lipinski definition) is 6. The number of nitrogens with zero attached hydrogens (tertiary/aromatic N) is 3. The minimum absolute atomic E-state index is 0.280. The van der Waals surface area contributed by atoms with Gasteiger partial charge in [-0.3, -0.25) is 0 Å². The fourth-order valence-corrected chi connectivity index (χ4v) is 2.30. The van der Waals surface area contributed by atoms with Crippen molar-refractivity contribution >= 4 is 22.4 Å². The monoisotopic (exact) mass is 240 g/mol. The van der Waals surface area contributed by atoms with Crippen LogP contribution in [0.15, 0.2) is 0 Å². The number of anilines is 2. The molecule has 0 radical (unpaired) electrons. The van der Waals surface area contributed by atoms with E-state index >= 15 is 0 Å². The third-order valence-electron chi connectivity index (χ3n) is 2.23. The third kappa shape index (κ3) is 2.62. The summed E-state index contributed by atoms with van der Waals surface area (Å²) in [7, 11) is 1.66. The van der Waals surface area contributed by atoms with Gasteiger partial charge >= 0.3 is 0 Å². The molecule has 0 saturated carbocycles. The van der Waals surface area contributed by atoms with E-state index in [4.69, 9.17) is 15.7 Å². The lowest BCUT2D eigenvalue weighted by atomic mass is 10.2. The minimum Gasteiger partial charge on any atom is -0.383 e. The van der Waals surface area contributed by atoms with Crippen LogP contribution in [0.25, 0.3) is 0 Å². The van der Waals surface area contributed by atoms with Crippen LogP contribution in [0.4, 0.5) is 10.8 Å². The largest absolute Gasteiger partial charge is 0.383 e. The normalized spacial score (nSPS) is 10.4. The van der Waals surface area contributed by atoms with E-state index in [9.17, 15) is 0 Å². The maximum Gasteiger partial charge on any atom is 0.157 e. The number of ether oxygens (including phenoxy) is 1. The van der Waals surface area contributed by atoms with Gasteiger partial charge in [-0.2, -0.15) is 9.64 Å². The Morgan fingerprint density at radius 1 is 1.62 bits per heavy atom. The predicted molar refractivity (Wildman–Crippen MR) is 65.6 cm³/mol. The van der Waals surface area contributed by atoms with Gasteiger partial charge in [-0.15, -0.1) is 0 Å². The van der Waals surface area contributed by atoms with Crippen LogP contribution in [0.5, 0.6) is 0 Å². The SMILES string of the molecule is COCCN(c1snc(N)c1C#N)C(C)C.